The number of rotatable bonds is 2. The fourth-order valence-corrected chi connectivity index (χ4v) is 1.77. The van der Waals surface area contributed by atoms with Gasteiger partial charge in [-0.3, -0.25) is 0 Å². The Morgan fingerprint density at radius 3 is 2.86 bits per heavy atom. The lowest BCUT2D eigenvalue weighted by Gasteiger charge is -2.02. The molecule has 76 valence electrons. The quantitative estimate of drug-likeness (QED) is 0.376. The van der Waals surface area contributed by atoms with E-state index < -0.39 is 0 Å². The molecule has 3 nitrogen and oxygen atoms in total. The summed E-state index contributed by atoms with van der Waals surface area (Å²) in [5, 5.41) is 3.52. The summed E-state index contributed by atoms with van der Waals surface area (Å²) in [5.41, 5.74) is 5.93. The van der Waals surface area contributed by atoms with Crippen LogP contribution in [0.15, 0.2) is 27.8 Å². The highest BCUT2D eigenvalue weighted by atomic mass is 79.9. The number of hydrazone groups is 1. The van der Waals surface area contributed by atoms with Gasteiger partial charge in [0.05, 0.1) is 0 Å². The van der Waals surface area contributed by atoms with E-state index in [1.807, 2.05) is 0 Å². The molecule has 0 unspecified atom stereocenters. The summed E-state index contributed by atoms with van der Waals surface area (Å²) in [6, 6.07) is 4.87. The second kappa shape index (κ2) is 5.21. The lowest BCUT2D eigenvalue weighted by atomic mass is 10.2. The normalized spacial score (nSPS) is 11.7. The van der Waals surface area contributed by atoms with E-state index in [1.54, 1.807) is 12.1 Å². The van der Waals surface area contributed by atoms with Crippen molar-refractivity contribution in [2.75, 3.05) is 0 Å². The van der Waals surface area contributed by atoms with Crippen LogP contribution in [0.5, 0.6) is 0 Å². The maximum absolute atomic E-state index is 13.2. The van der Waals surface area contributed by atoms with Gasteiger partial charge in [0.2, 0.25) is 0 Å². The predicted molar refractivity (Wildman–Crippen MR) is 61.2 cm³/mol. The first-order valence-electron chi connectivity index (χ1n) is 3.73. The van der Waals surface area contributed by atoms with E-state index in [-0.39, 0.29) is 11.0 Å². The van der Waals surface area contributed by atoms with Crippen LogP contribution in [0, 0.1) is 5.82 Å². The van der Waals surface area contributed by atoms with Crippen molar-refractivity contribution in [2.45, 2.75) is 5.75 Å². The number of nitrogens with zero attached hydrogens (tertiary/aromatic N) is 1. The van der Waals surface area contributed by atoms with Crippen molar-refractivity contribution in [3.05, 3.63) is 34.1 Å². The first-order chi connectivity index (χ1) is 6.63. The SMILES string of the molecule is NN=C(N)SCc1ccc(Br)cc1F. The molecule has 0 aliphatic carbocycles. The molecule has 0 spiro atoms. The van der Waals surface area contributed by atoms with Crippen molar-refractivity contribution in [3.8, 4) is 0 Å². The Balaban J connectivity index is 2.68. The molecule has 0 saturated carbocycles. The highest BCUT2D eigenvalue weighted by Gasteiger charge is 2.03. The molecule has 0 bridgehead atoms. The first-order valence-corrected chi connectivity index (χ1v) is 5.51. The molecule has 14 heavy (non-hydrogen) atoms. The van der Waals surface area contributed by atoms with Gasteiger partial charge in [0.15, 0.2) is 5.17 Å². The van der Waals surface area contributed by atoms with E-state index in [1.165, 1.54) is 17.8 Å². The zero-order valence-corrected chi connectivity index (χ0v) is 9.61. The maximum atomic E-state index is 13.2. The molecular weight excluding hydrogens is 269 g/mol. The third-order valence-electron chi connectivity index (χ3n) is 1.52. The van der Waals surface area contributed by atoms with Crippen molar-refractivity contribution < 1.29 is 4.39 Å². The summed E-state index contributed by atoms with van der Waals surface area (Å²) in [6.45, 7) is 0. The summed E-state index contributed by atoms with van der Waals surface area (Å²) >= 11 is 4.37. The molecule has 0 atom stereocenters. The summed E-state index contributed by atoms with van der Waals surface area (Å²) in [4.78, 5) is 0. The standard InChI is InChI=1S/C8H9BrFN3S/c9-6-2-1-5(7(10)3-6)4-14-8(11)13-12/h1-3H,4,12H2,(H2,11,13). The summed E-state index contributed by atoms with van der Waals surface area (Å²) in [5.74, 6) is 5.09. The molecule has 0 saturated heterocycles. The minimum Gasteiger partial charge on any atom is -0.377 e. The Morgan fingerprint density at radius 1 is 1.57 bits per heavy atom. The number of thioether (sulfide) groups is 1. The summed E-state index contributed by atoms with van der Waals surface area (Å²) in [6.07, 6.45) is 0. The van der Waals surface area contributed by atoms with Gasteiger partial charge in [-0.2, -0.15) is 5.10 Å². The first kappa shape index (κ1) is 11.3. The molecule has 0 amide bonds. The molecule has 0 radical (unpaired) electrons. The Labute approximate surface area is 93.9 Å². The van der Waals surface area contributed by atoms with Gasteiger partial charge in [-0.25, -0.2) is 4.39 Å². The molecule has 0 aliphatic rings. The van der Waals surface area contributed by atoms with Crippen LogP contribution in [-0.4, -0.2) is 5.17 Å². The average Bonchev–Trinajstić information content (AvgIpc) is 2.16. The number of hydrogen-bond donors (Lipinski definition) is 2. The Kier molecular flexibility index (Phi) is 4.21. The molecule has 0 fully saturated rings. The molecule has 4 N–H and O–H groups in total. The van der Waals surface area contributed by atoms with Crippen molar-refractivity contribution in [1.82, 2.24) is 0 Å². The molecular formula is C8H9BrFN3S. The van der Waals surface area contributed by atoms with Gasteiger partial charge < -0.3 is 11.6 Å². The smallest absolute Gasteiger partial charge is 0.177 e. The van der Waals surface area contributed by atoms with Gasteiger partial charge >= 0.3 is 0 Å². The van der Waals surface area contributed by atoms with E-state index >= 15 is 0 Å². The predicted octanol–water partition coefficient (Wildman–Crippen LogP) is 2.01. The largest absolute Gasteiger partial charge is 0.377 e. The lowest BCUT2D eigenvalue weighted by molar-refractivity contribution is 0.616. The highest BCUT2D eigenvalue weighted by molar-refractivity contribution is 9.10. The van der Waals surface area contributed by atoms with Crippen LogP contribution in [-0.2, 0) is 5.75 Å². The van der Waals surface area contributed by atoms with Crippen molar-refractivity contribution in [2.24, 2.45) is 16.7 Å². The van der Waals surface area contributed by atoms with Gasteiger partial charge in [0.25, 0.3) is 0 Å². The third kappa shape index (κ3) is 3.19. The monoisotopic (exact) mass is 277 g/mol. The van der Waals surface area contributed by atoms with Gasteiger partial charge in [-0.1, -0.05) is 33.8 Å². The number of benzene rings is 1. The minimum atomic E-state index is -0.267. The van der Waals surface area contributed by atoms with E-state index in [2.05, 4.69) is 21.0 Å². The fraction of sp³-hybridized carbons (Fsp3) is 0.125. The molecule has 1 rings (SSSR count). The van der Waals surface area contributed by atoms with Crippen molar-refractivity contribution in [3.63, 3.8) is 0 Å². The number of amidine groups is 1. The molecule has 0 aromatic heterocycles. The third-order valence-corrected chi connectivity index (χ3v) is 2.87. The molecule has 6 heteroatoms. The Hall–Kier alpha value is -0.750. The zero-order valence-electron chi connectivity index (χ0n) is 7.21. The Morgan fingerprint density at radius 2 is 2.29 bits per heavy atom. The highest BCUT2D eigenvalue weighted by Crippen LogP contribution is 2.19. The topological polar surface area (TPSA) is 64.4 Å². The van der Waals surface area contributed by atoms with E-state index in [9.17, 15) is 4.39 Å². The van der Waals surface area contributed by atoms with Crippen molar-refractivity contribution in [1.29, 1.82) is 0 Å². The molecule has 1 aromatic rings. The van der Waals surface area contributed by atoms with Crippen LogP contribution in [0.1, 0.15) is 5.56 Å². The van der Waals surface area contributed by atoms with Crippen LogP contribution in [0.25, 0.3) is 0 Å². The number of halogens is 2. The van der Waals surface area contributed by atoms with Crippen LogP contribution in [0.3, 0.4) is 0 Å². The molecule has 0 heterocycles. The van der Waals surface area contributed by atoms with Gasteiger partial charge in [0, 0.05) is 10.2 Å². The second-order valence-corrected chi connectivity index (χ2v) is 4.40. The fourth-order valence-electron chi connectivity index (χ4n) is 0.828. The molecule has 1 aromatic carbocycles. The van der Waals surface area contributed by atoms with Crippen LogP contribution in [0.2, 0.25) is 0 Å². The minimum absolute atomic E-state index is 0.243. The Bertz CT molecular complexity index is 356. The maximum Gasteiger partial charge on any atom is 0.177 e. The number of nitrogens with two attached hydrogens (primary N) is 2. The van der Waals surface area contributed by atoms with E-state index in [0.29, 0.717) is 15.8 Å². The summed E-state index contributed by atoms with van der Waals surface area (Å²) < 4.78 is 14.0. The average molecular weight is 278 g/mol. The van der Waals surface area contributed by atoms with E-state index in [0.717, 1.165) is 0 Å². The van der Waals surface area contributed by atoms with Gasteiger partial charge in [-0.15, -0.1) is 0 Å². The second-order valence-electron chi connectivity index (χ2n) is 2.49. The van der Waals surface area contributed by atoms with Gasteiger partial charge in [-0.05, 0) is 17.7 Å². The molecule has 0 aliphatic heterocycles. The van der Waals surface area contributed by atoms with Crippen LogP contribution < -0.4 is 11.6 Å². The summed E-state index contributed by atoms with van der Waals surface area (Å²) in [7, 11) is 0. The van der Waals surface area contributed by atoms with E-state index in [4.69, 9.17) is 11.6 Å². The zero-order chi connectivity index (χ0) is 10.6. The van der Waals surface area contributed by atoms with Crippen LogP contribution >= 0.6 is 27.7 Å². The van der Waals surface area contributed by atoms with Crippen molar-refractivity contribution >= 4 is 32.9 Å². The number of hydrogen-bond acceptors (Lipinski definition) is 3. The van der Waals surface area contributed by atoms with Gasteiger partial charge in [0.1, 0.15) is 5.82 Å². The van der Waals surface area contributed by atoms with Crippen LogP contribution in [0.4, 0.5) is 4.39 Å². The lowest BCUT2D eigenvalue weighted by Crippen LogP contribution is -2.09.